The molecule has 1 aliphatic heterocycles. The van der Waals surface area contributed by atoms with Crippen molar-refractivity contribution in [3.05, 3.63) is 39.8 Å². The van der Waals surface area contributed by atoms with Gasteiger partial charge in [-0.1, -0.05) is 40.2 Å². The number of aliphatic hydroxyl groups excluding tert-OH is 3. The van der Waals surface area contributed by atoms with Crippen LogP contribution in [-0.2, 0) is 4.74 Å². The number of halogens is 2. The van der Waals surface area contributed by atoms with Crippen molar-refractivity contribution in [1.82, 2.24) is 20.0 Å². The second-order valence-electron chi connectivity index (χ2n) is 6.49. The minimum atomic E-state index is -1.24. The van der Waals surface area contributed by atoms with Crippen LogP contribution in [0, 0.1) is 0 Å². The van der Waals surface area contributed by atoms with Gasteiger partial charge in [-0.15, -0.1) is 16.4 Å². The number of benzene rings is 1. The van der Waals surface area contributed by atoms with E-state index in [-0.39, 0.29) is 5.88 Å². The molecule has 13 heteroatoms. The number of aliphatic hydroxyl groups is 3. The molecule has 1 saturated heterocycles. The molecular formula is C17H16Cl2N4O5S2. The highest BCUT2D eigenvalue weighted by atomic mass is 35.5. The molecule has 3 aromatic rings. The van der Waals surface area contributed by atoms with E-state index in [1.165, 1.54) is 39.4 Å². The van der Waals surface area contributed by atoms with Gasteiger partial charge in [0.1, 0.15) is 40.5 Å². The molecule has 160 valence electrons. The number of rotatable bonds is 5. The Bertz CT molecular complexity index is 1040. The molecule has 0 spiro atoms. The smallest absolute Gasteiger partial charge is 0.222 e. The van der Waals surface area contributed by atoms with E-state index in [1.807, 2.05) is 0 Å². The summed E-state index contributed by atoms with van der Waals surface area (Å²) in [7, 11) is 0. The summed E-state index contributed by atoms with van der Waals surface area (Å²) in [5, 5.41) is 51.4. The molecule has 0 radical (unpaired) electrons. The van der Waals surface area contributed by atoms with Gasteiger partial charge >= 0.3 is 0 Å². The topological polar surface area (TPSA) is 134 Å². The zero-order valence-electron chi connectivity index (χ0n) is 15.0. The molecule has 3 heterocycles. The van der Waals surface area contributed by atoms with Gasteiger partial charge in [0, 0.05) is 4.90 Å². The lowest BCUT2D eigenvalue weighted by Gasteiger charge is -2.41. The van der Waals surface area contributed by atoms with Crippen molar-refractivity contribution in [3.63, 3.8) is 0 Å². The van der Waals surface area contributed by atoms with Gasteiger partial charge in [-0.2, -0.15) is 0 Å². The molecule has 1 aromatic carbocycles. The summed E-state index contributed by atoms with van der Waals surface area (Å²) in [6.45, 7) is -0.454. The van der Waals surface area contributed by atoms with Crippen LogP contribution >= 0.6 is 46.3 Å². The molecule has 9 nitrogen and oxygen atoms in total. The van der Waals surface area contributed by atoms with Crippen molar-refractivity contribution >= 4 is 46.3 Å². The summed E-state index contributed by atoms with van der Waals surface area (Å²) in [5.74, 6) is -0.130. The minimum Gasteiger partial charge on any atom is -0.493 e. The van der Waals surface area contributed by atoms with Gasteiger partial charge in [0.2, 0.25) is 5.88 Å². The highest BCUT2D eigenvalue weighted by Crippen LogP contribution is 2.39. The van der Waals surface area contributed by atoms with E-state index in [2.05, 4.69) is 15.3 Å². The molecule has 0 aliphatic carbocycles. The van der Waals surface area contributed by atoms with E-state index in [4.69, 9.17) is 27.9 Å². The molecule has 5 atom stereocenters. The fourth-order valence-electron chi connectivity index (χ4n) is 3.07. The lowest BCUT2D eigenvalue weighted by Crippen LogP contribution is -2.55. The molecule has 30 heavy (non-hydrogen) atoms. The lowest BCUT2D eigenvalue weighted by atomic mass is 9.97. The Balaban J connectivity index is 1.61. The predicted octanol–water partition coefficient (Wildman–Crippen LogP) is 2.19. The largest absolute Gasteiger partial charge is 0.493 e. The average molecular weight is 491 g/mol. The van der Waals surface area contributed by atoms with E-state index in [9.17, 15) is 20.4 Å². The number of hydrogen-bond donors (Lipinski definition) is 4. The minimum absolute atomic E-state index is 0.130. The zero-order chi connectivity index (χ0) is 21.4. The first-order chi connectivity index (χ1) is 14.4. The SMILES string of the molecule is OCC1OC(Sc2ccc(Cl)c(Cl)c2)C(O)C(n2cc(-c3nc(O)cs3)nn2)C1O. The Morgan fingerprint density at radius 1 is 1.20 bits per heavy atom. The van der Waals surface area contributed by atoms with Crippen LogP contribution in [0.1, 0.15) is 6.04 Å². The fraction of sp³-hybridized carbons (Fsp3) is 0.353. The number of ether oxygens (including phenoxy) is 1. The lowest BCUT2D eigenvalue weighted by molar-refractivity contribution is -0.178. The Morgan fingerprint density at radius 3 is 2.67 bits per heavy atom. The third-order valence-corrected chi connectivity index (χ3v) is 7.26. The average Bonchev–Trinajstić information content (AvgIpc) is 3.36. The number of aromatic nitrogens is 4. The van der Waals surface area contributed by atoms with Crippen LogP contribution in [0.25, 0.3) is 10.7 Å². The Kier molecular flexibility index (Phi) is 6.51. The summed E-state index contributed by atoms with van der Waals surface area (Å²) in [6.07, 6.45) is -1.87. The third-order valence-electron chi connectivity index (χ3n) is 4.52. The van der Waals surface area contributed by atoms with Crippen LogP contribution in [0.15, 0.2) is 34.7 Å². The molecule has 1 fully saturated rings. The Labute approximate surface area is 188 Å². The summed E-state index contributed by atoms with van der Waals surface area (Å²) in [5.41, 5.74) is -0.454. The van der Waals surface area contributed by atoms with Gasteiger partial charge in [0.15, 0.2) is 0 Å². The number of aromatic hydroxyl groups is 1. The van der Waals surface area contributed by atoms with E-state index < -0.39 is 36.4 Å². The van der Waals surface area contributed by atoms with Crippen LogP contribution in [0.3, 0.4) is 0 Å². The van der Waals surface area contributed by atoms with E-state index in [0.717, 1.165) is 0 Å². The highest BCUT2D eigenvalue weighted by Gasteiger charge is 2.46. The maximum Gasteiger partial charge on any atom is 0.222 e. The van der Waals surface area contributed by atoms with Crippen LogP contribution in [0.4, 0.5) is 0 Å². The van der Waals surface area contributed by atoms with Crippen LogP contribution in [0.2, 0.25) is 10.0 Å². The van der Waals surface area contributed by atoms with Crippen molar-refractivity contribution < 1.29 is 25.2 Å². The maximum absolute atomic E-state index is 10.9. The molecule has 1 aliphatic rings. The second-order valence-corrected chi connectivity index (χ2v) is 9.33. The number of nitrogens with zero attached hydrogens (tertiary/aromatic N) is 4. The molecule has 4 rings (SSSR count). The monoisotopic (exact) mass is 490 g/mol. The first-order valence-corrected chi connectivity index (χ1v) is 11.2. The summed E-state index contributed by atoms with van der Waals surface area (Å²) >= 11 is 14.4. The number of thiazole rings is 1. The van der Waals surface area contributed by atoms with Crippen LogP contribution < -0.4 is 0 Å². The third kappa shape index (κ3) is 4.30. The number of hydrogen-bond acceptors (Lipinski definition) is 10. The maximum atomic E-state index is 10.9. The van der Waals surface area contributed by atoms with Crippen molar-refractivity contribution in [2.24, 2.45) is 0 Å². The standard InChI is InChI=1S/C17H16Cl2N4O5S2/c18-8-2-1-7(3-9(8)19)30-17-15(27)13(14(26)11(5-24)28-17)23-4-10(21-22-23)16-20-12(25)6-29-16/h1-4,6,11,13-15,17,24-27H,5H2. The van der Waals surface area contributed by atoms with Gasteiger partial charge in [0.05, 0.1) is 28.2 Å². The summed E-state index contributed by atoms with van der Waals surface area (Å²) in [6, 6.07) is 4.06. The van der Waals surface area contributed by atoms with Crippen molar-refractivity contribution in [1.29, 1.82) is 0 Å². The van der Waals surface area contributed by atoms with Gasteiger partial charge in [0.25, 0.3) is 0 Å². The van der Waals surface area contributed by atoms with Gasteiger partial charge in [-0.25, -0.2) is 9.67 Å². The fourth-order valence-corrected chi connectivity index (χ4v) is 5.16. The van der Waals surface area contributed by atoms with Crippen LogP contribution in [-0.4, -0.2) is 70.8 Å². The molecule has 0 saturated carbocycles. The zero-order valence-corrected chi connectivity index (χ0v) is 18.2. The van der Waals surface area contributed by atoms with Gasteiger partial charge < -0.3 is 25.2 Å². The first kappa shape index (κ1) is 21.8. The number of thioether (sulfide) groups is 1. The van der Waals surface area contributed by atoms with Crippen molar-refractivity contribution in [2.75, 3.05) is 6.61 Å². The second kappa shape index (κ2) is 8.97. The normalized spacial score (nSPS) is 26.8. The molecule has 5 unspecified atom stereocenters. The predicted molar refractivity (Wildman–Crippen MR) is 112 cm³/mol. The van der Waals surface area contributed by atoms with E-state index in [0.29, 0.717) is 25.6 Å². The van der Waals surface area contributed by atoms with E-state index in [1.54, 1.807) is 18.2 Å². The molecular weight excluding hydrogens is 475 g/mol. The quantitative estimate of drug-likeness (QED) is 0.424. The van der Waals surface area contributed by atoms with Gasteiger partial charge in [-0.3, -0.25) is 0 Å². The van der Waals surface area contributed by atoms with Gasteiger partial charge in [-0.05, 0) is 18.2 Å². The van der Waals surface area contributed by atoms with Crippen LogP contribution in [0.5, 0.6) is 5.88 Å². The summed E-state index contributed by atoms with van der Waals surface area (Å²) < 4.78 is 7.03. The Morgan fingerprint density at radius 2 is 2.00 bits per heavy atom. The summed E-state index contributed by atoms with van der Waals surface area (Å²) in [4.78, 5) is 4.63. The molecule has 0 bridgehead atoms. The van der Waals surface area contributed by atoms with Crippen molar-refractivity contribution in [3.8, 4) is 16.6 Å². The molecule has 0 amide bonds. The van der Waals surface area contributed by atoms with E-state index >= 15 is 0 Å². The molecule has 2 aromatic heterocycles. The Hall–Kier alpha value is -1.44. The first-order valence-electron chi connectivity index (χ1n) is 8.68. The molecule has 4 N–H and O–H groups in total. The van der Waals surface area contributed by atoms with Crippen molar-refractivity contribution in [2.45, 2.75) is 34.7 Å². The highest BCUT2D eigenvalue weighted by molar-refractivity contribution is 7.99.